The minimum atomic E-state index is 0.625. The van der Waals surface area contributed by atoms with Crippen LogP contribution in [-0.2, 0) is 0 Å². The van der Waals surface area contributed by atoms with Crippen LogP contribution in [-0.4, -0.2) is 19.5 Å². The van der Waals surface area contributed by atoms with E-state index in [1.54, 1.807) is 0 Å². The lowest BCUT2D eigenvalue weighted by Crippen LogP contribution is -2.19. The van der Waals surface area contributed by atoms with Crippen LogP contribution in [0.15, 0.2) is 162 Å². The number of fused-ring (bicyclic) bond motifs is 6. The third-order valence-electron chi connectivity index (χ3n) is 8.95. The molecular weight excluding hydrogens is 613 g/mol. The second kappa shape index (κ2) is 12.6. The van der Waals surface area contributed by atoms with Crippen LogP contribution in [0.1, 0.15) is 11.3 Å². The standard InChI is InChI=1S/C45H30N4O/c1-4-15-31(16-5-1)43-46-44(32-17-6-2-7-18-32)48-45(47-43)33-27-29-34(30-28-33)49-39-23-12-10-20-36(39)35-19-8-3-9-21-37-38-22-11-13-25-41(38)50-42(37)26-14-24-40(35)49/h1-30H/b8-3?,9-3+,19-8+,21-9?,24-14-,26-14?,35-19?,37-21-,40-24?,42-26+. The van der Waals surface area contributed by atoms with Gasteiger partial charge in [-0.15, -0.1) is 0 Å². The van der Waals surface area contributed by atoms with Gasteiger partial charge in [0, 0.05) is 43.9 Å². The zero-order chi connectivity index (χ0) is 33.3. The molecule has 1 aliphatic carbocycles. The summed E-state index contributed by atoms with van der Waals surface area (Å²) in [4.78, 5) is 14.7. The van der Waals surface area contributed by atoms with Crippen LogP contribution in [0.2, 0.25) is 0 Å². The largest absolute Gasteiger partial charge is 0.456 e. The van der Waals surface area contributed by atoms with Gasteiger partial charge >= 0.3 is 0 Å². The molecule has 0 spiro atoms. The maximum absolute atomic E-state index is 6.27. The highest BCUT2D eigenvalue weighted by molar-refractivity contribution is 5.96. The van der Waals surface area contributed by atoms with Gasteiger partial charge in [-0.05, 0) is 48.6 Å². The van der Waals surface area contributed by atoms with Crippen molar-refractivity contribution in [2.75, 3.05) is 0 Å². The van der Waals surface area contributed by atoms with E-state index < -0.39 is 0 Å². The van der Waals surface area contributed by atoms with Crippen LogP contribution in [0.5, 0.6) is 0 Å². The predicted molar refractivity (Wildman–Crippen MR) is 205 cm³/mol. The zero-order valence-electron chi connectivity index (χ0n) is 27.0. The summed E-state index contributed by atoms with van der Waals surface area (Å²) in [5.41, 5.74) is 8.86. The topological polar surface area (TPSA) is 56.7 Å². The van der Waals surface area contributed by atoms with Gasteiger partial charge in [0.1, 0.15) is 11.0 Å². The van der Waals surface area contributed by atoms with Crippen LogP contribution in [0, 0.1) is 0 Å². The smallest absolute Gasteiger partial charge is 0.164 e. The molecule has 5 aromatic carbocycles. The van der Waals surface area contributed by atoms with Gasteiger partial charge < -0.3 is 8.98 Å². The number of para-hydroxylation sites is 2. The molecule has 3 heterocycles. The summed E-state index contributed by atoms with van der Waals surface area (Å²) in [7, 11) is 0. The van der Waals surface area contributed by atoms with Crippen LogP contribution in [0.4, 0.5) is 0 Å². The van der Waals surface area contributed by atoms with E-state index in [9.17, 15) is 0 Å². The molecule has 0 radical (unpaired) electrons. The third kappa shape index (κ3) is 5.37. The average Bonchev–Trinajstić information content (AvgIpc) is 3.69. The number of hydrogen-bond donors (Lipinski definition) is 0. The zero-order valence-corrected chi connectivity index (χ0v) is 27.0. The minimum absolute atomic E-state index is 0.625. The number of allylic oxidation sites excluding steroid dienone is 4. The molecule has 8 aromatic rings. The Morgan fingerprint density at radius 1 is 0.460 bits per heavy atom. The molecule has 0 N–H and O–H groups in total. The molecule has 0 saturated carbocycles. The molecule has 0 fully saturated rings. The highest BCUT2D eigenvalue weighted by atomic mass is 16.3. The maximum atomic E-state index is 6.27. The molecule has 50 heavy (non-hydrogen) atoms. The van der Waals surface area contributed by atoms with Gasteiger partial charge in [-0.1, -0.05) is 134 Å². The number of furan rings is 1. The molecule has 236 valence electrons. The van der Waals surface area contributed by atoms with Gasteiger partial charge in [0.25, 0.3) is 0 Å². The van der Waals surface area contributed by atoms with Crippen molar-refractivity contribution in [1.29, 1.82) is 0 Å². The molecule has 5 nitrogen and oxygen atoms in total. The predicted octanol–water partition coefficient (Wildman–Crippen LogP) is 9.42. The summed E-state index contributed by atoms with van der Waals surface area (Å²) in [5.74, 6) is 1.91. The Morgan fingerprint density at radius 2 is 1.06 bits per heavy atom. The summed E-state index contributed by atoms with van der Waals surface area (Å²) in [6, 6.07) is 45.3. The Bertz CT molecular complexity index is 2680. The second-order valence-corrected chi connectivity index (χ2v) is 12.0. The Kier molecular flexibility index (Phi) is 7.41. The molecule has 0 amide bonds. The molecule has 0 atom stereocenters. The highest BCUT2D eigenvalue weighted by Gasteiger charge is 2.16. The molecule has 0 saturated heterocycles. The lowest BCUT2D eigenvalue weighted by Gasteiger charge is -2.11. The molecular formula is C45H30N4O. The highest BCUT2D eigenvalue weighted by Crippen LogP contribution is 2.33. The van der Waals surface area contributed by atoms with Crippen LogP contribution < -0.4 is 10.6 Å². The molecule has 9 rings (SSSR count). The van der Waals surface area contributed by atoms with E-state index in [4.69, 9.17) is 19.4 Å². The molecule has 0 aliphatic heterocycles. The van der Waals surface area contributed by atoms with E-state index in [2.05, 4.69) is 108 Å². The van der Waals surface area contributed by atoms with Crippen molar-refractivity contribution in [3.05, 3.63) is 180 Å². The van der Waals surface area contributed by atoms with Gasteiger partial charge in [0.2, 0.25) is 0 Å². The first-order valence-electron chi connectivity index (χ1n) is 16.6. The van der Waals surface area contributed by atoms with Gasteiger partial charge in [-0.25, -0.2) is 15.0 Å². The van der Waals surface area contributed by atoms with Gasteiger partial charge in [-0.2, -0.15) is 0 Å². The Hall–Kier alpha value is -6.85. The van der Waals surface area contributed by atoms with Gasteiger partial charge in [-0.3, -0.25) is 0 Å². The molecule has 0 bridgehead atoms. The first-order valence-corrected chi connectivity index (χ1v) is 16.6. The first kappa shape index (κ1) is 29.3. The summed E-state index contributed by atoms with van der Waals surface area (Å²) in [5, 5.41) is 3.33. The van der Waals surface area contributed by atoms with Crippen molar-refractivity contribution in [3.8, 4) is 39.9 Å². The quantitative estimate of drug-likeness (QED) is 0.192. The van der Waals surface area contributed by atoms with Crippen molar-refractivity contribution in [3.63, 3.8) is 0 Å². The number of aromatic nitrogens is 4. The van der Waals surface area contributed by atoms with Crippen LogP contribution in [0.25, 0.3) is 86.0 Å². The monoisotopic (exact) mass is 642 g/mol. The fourth-order valence-electron chi connectivity index (χ4n) is 6.57. The van der Waals surface area contributed by atoms with E-state index in [1.165, 1.54) is 5.39 Å². The van der Waals surface area contributed by atoms with E-state index in [0.29, 0.717) is 17.5 Å². The minimum Gasteiger partial charge on any atom is -0.456 e. The normalized spacial score (nSPS) is 15.8. The molecule has 3 aromatic heterocycles. The summed E-state index contributed by atoms with van der Waals surface area (Å²) in [6.07, 6.45) is 16.8. The van der Waals surface area contributed by atoms with E-state index in [-0.39, 0.29) is 0 Å². The molecule has 0 unspecified atom stereocenters. The van der Waals surface area contributed by atoms with E-state index >= 15 is 0 Å². The third-order valence-corrected chi connectivity index (χ3v) is 8.95. The number of rotatable bonds is 4. The van der Waals surface area contributed by atoms with E-state index in [1.807, 2.05) is 78.9 Å². The van der Waals surface area contributed by atoms with E-state index in [0.717, 1.165) is 60.8 Å². The molecule has 1 aliphatic rings. The number of nitrogens with zero attached hydrogens (tertiary/aromatic N) is 4. The summed E-state index contributed by atoms with van der Waals surface area (Å²) < 4.78 is 8.58. The first-order chi connectivity index (χ1) is 24.8. The summed E-state index contributed by atoms with van der Waals surface area (Å²) >= 11 is 0. The Labute approximate surface area is 288 Å². The lowest BCUT2D eigenvalue weighted by atomic mass is 10.1. The fourth-order valence-corrected chi connectivity index (χ4v) is 6.57. The second-order valence-electron chi connectivity index (χ2n) is 12.0. The van der Waals surface area contributed by atoms with Gasteiger partial charge in [0.15, 0.2) is 17.5 Å². The van der Waals surface area contributed by atoms with Crippen LogP contribution in [0.3, 0.4) is 0 Å². The van der Waals surface area contributed by atoms with Crippen molar-refractivity contribution in [2.45, 2.75) is 0 Å². The van der Waals surface area contributed by atoms with Crippen molar-refractivity contribution < 1.29 is 4.42 Å². The molecule has 5 heteroatoms. The van der Waals surface area contributed by atoms with Gasteiger partial charge in [0.05, 0.1) is 11.2 Å². The van der Waals surface area contributed by atoms with Crippen molar-refractivity contribution in [1.82, 2.24) is 19.5 Å². The Morgan fingerprint density at radius 3 is 1.76 bits per heavy atom. The number of benzene rings is 5. The Balaban J connectivity index is 1.18. The lowest BCUT2D eigenvalue weighted by molar-refractivity contribution is 0.576. The number of hydrogen-bond acceptors (Lipinski definition) is 4. The average molecular weight is 643 g/mol. The van der Waals surface area contributed by atoms with Crippen molar-refractivity contribution >= 4 is 46.2 Å². The fraction of sp³-hybridized carbons (Fsp3) is 0. The summed E-state index contributed by atoms with van der Waals surface area (Å²) in [6.45, 7) is 0. The van der Waals surface area contributed by atoms with Crippen molar-refractivity contribution in [2.24, 2.45) is 0 Å². The maximum Gasteiger partial charge on any atom is 0.164 e. The van der Waals surface area contributed by atoms with Crippen LogP contribution >= 0.6 is 0 Å². The SMILES string of the molecule is C1=C\c2c(c3ccccc3n2-c2ccc(-c3nc(-c4ccccc4)nc(-c4ccccc4)n3)cc2)/C=C/C=C/C=c2\c(oc3ccccc23)=C/1.